The minimum absolute atomic E-state index is 0.149. The van der Waals surface area contributed by atoms with Crippen LogP contribution in [0.25, 0.3) is 0 Å². The van der Waals surface area contributed by atoms with Crippen molar-refractivity contribution in [1.82, 2.24) is 0 Å². The van der Waals surface area contributed by atoms with Crippen LogP contribution in [0, 0.1) is 22.0 Å². The molecule has 18 heavy (non-hydrogen) atoms. The van der Waals surface area contributed by atoms with Crippen molar-refractivity contribution in [2.75, 3.05) is 5.73 Å². The minimum Gasteiger partial charge on any atom is -0.398 e. The Hall–Kier alpha value is -1.58. The second-order valence-electron chi connectivity index (χ2n) is 5.63. The number of nitrogens with two attached hydrogens (primary N) is 1. The molecule has 0 heterocycles. The summed E-state index contributed by atoms with van der Waals surface area (Å²) in [4.78, 5) is 10.6. The van der Waals surface area contributed by atoms with Gasteiger partial charge in [0, 0.05) is 17.8 Å². The second-order valence-corrected chi connectivity index (χ2v) is 5.63. The SMILES string of the molecule is CC(C)Cc1cc([N+](=O)[O-])cc(CC(C)C)c1N. The number of hydrogen-bond acceptors (Lipinski definition) is 3. The van der Waals surface area contributed by atoms with Crippen LogP contribution in [0.15, 0.2) is 12.1 Å². The highest BCUT2D eigenvalue weighted by atomic mass is 16.6. The van der Waals surface area contributed by atoms with Gasteiger partial charge in [-0.1, -0.05) is 27.7 Å². The molecule has 0 atom stereocenters. The third-order valence-electron chi connectivity index (χ3n) is 2.80. The maximum atomic E-state index is 11.0. The molecule has 0 aromatic heterocycles. The highest BCUT2D eigenvalue weighted by molar-refractivity contribution is 5.59. The summed E-state index contributed by atoms with van der Waals surface area (Å²) in [6, 6.07) is 3.22. The second kappa shape index (κ2) is 5.85. The summed E-state index contributed by atoms with van der Waals surface area (Å²) in [5.74, 6) is 0.863. The molecule has 0 amide bonds. The van der Waals surface area contributed by atoms with E-state index in [9.17, 15) is 10.1 Å². The Labute approximate surface area is 108 Å². The molecule has 0 saturated carbocycles. The van der Waals surface area contributed by atoms with E-state index in [0.29, 0.717) is 11.8 Å². The molecule has 1 aromatic rings. The quantitative estimate of drug-likeness (QED) is 0.493. The molecule has 2 N–H and O–H groups in total. The van der Waals surface area contributed by atoms with Crippen LogP contribution in [-0.4, -0.2) is 4.92 Å². The van der Waals surface area contributed by atoms with Gasteiger partial charge < -0.3 is 5.73 Å². The van der Waals surface area contributed by atoms with Gasteiger partial charge in [0.2, 0.25) is 0 Å². The Balaban J connectivity index is 3.23. The fourth-order valence-corrected chi connectivity index (χ4v) is 2.08. The third kappa shape index (κ3) is 3.72. The molecule has 0 aliphatic rings. The van der Waals surface area contributed by atoms with Crippen LogP contribution in [0.5, 0.6) is 0 Å². The predicted molar refractivity (Wildman–Crippen MR) is 74.6 cm³/mol. The number of rotatable bonds is 5. The average Bonchev–Trinajstić information content (AvgIpc) is 2.22. The first-order valence-corrected chi connectivity index (χ1v) is 6.37. The number of anilines is 1. The first-order chi connectivity index (χ1) is 8.31. The summed E-state index contributed by atoms with van der Waals surface area (Å²) in [6.07, 6.45) is 1.55. The maximum absolute atomic E-state index is 11.0. The number of nitrogens with zero attached hydrogens (tertiary/aromatic N) is 1. The lowest BCUT2D eigenvalue weighted by Gasteiger charge is -2.14. The zero-order valence-corrected chi connectivity index (χ0v) is 11.6. The summed E-state index contributed by atoms with van der Waals surface area (Å²) < 4.78 is 0. The fourth-order valence-electron chi connectivity index (χ4n) is 2.08. The van der Waals surface area contributed by atoms with Crippen molar-refractivity contribution in [3.05, 3.63) is 33.4 Å². The molecule has 0 unspecified atom stereocenters. The molecule has 0 aliphatic carbocycles. The maximum Gasteiger partial charge on any atom is 0.270 e. The lowest BCUT2D eigenvalue weighted by Crippen LogP contribution is -2.07. The Morgan fingerprint density at radius 2 is 1.50 bits per heavy atom. The lowest BCUT2D eigenvalue weighted by atomic mass is 9.94. The van der Waals surface area contributed by atoms with Crippen molar-refractivity contribution < 1.29 is 4.92 Å². The molecular formula is C14H22N2O2. The van der Waals surface area contributed by atoms with Crippen molar-refractivity contribution in [2.24, 2.45) is 11.8 Å². The van der Waals surface area contributed by atoms with Gasteiger partial charge in [0.05, 0.1) is 4.92 Å². The van der Waals surface area contributed by atoms with E-state index >= 15 is 0 Å². The molecule has 0 saturated heterocycles. The van der Waals surface area contributed by atoms with E-state index < -0.39 is 0 Å². The molecule has 0 aliphatic heterocycles. The molecule has 1 aromatic carbocycles. The molecule has 0 radical (unpaired) electrons. The van der Waals surface area contributed by atoms with Crippen molar-refractivity contribution >= 4 is 11.4 Å². The Kier molecular flexibility index (Phi) is 4.70. The highest BCUT2D eigenvalue weighted by Gasteiger charge is 2.16. The van der Waals surface area contributed by atoms with Crippen LogP contribution in [0.1, 0.15) is 38.8 Å². The number of hydrogen-bond donors (Lipinski definition) is 1. The number of benzene rings is 1. The summed E-state index contributed by atoms with van der Waals surface area (Å²) in [5.41, 5.74) is 8.80. The van der Waals surface area contributed by atoms with Crippen LogP contribution in [0.4, 0.5) is 11.4 Å². The van der Waals surface area contributed by atoms with Gasteiger partial charge in [0.25, 0.3) is 5.69 Å². The molecule has 0 bridgehead atoms. The van der Waals surface area contributed by atoms with Crippen molar-refractivity contribution in [2.45, 2.75) is 40.5 Å². The van der Waals surface area contributed by atoms with Gasteiger partial charge in [-0.3, -0.25) is 10.1 Å². The van der Waals surface area contributed by atoms with Gasteiger partial charge in [-0.25, -0.2) is 0 Å². The Morgan fingerprint density at radius 3 is 1.78 bits per heavy atom. The minimum atomic E-state index is -0.340. The zero-order valence-electron chi connectivity index (χ0n) is 11.6. The number of nitro groups is 1. The van der Waals surface area contributed by atoms with Crippen molar-refractivity contribution in [1.29, 1.82) is 0 Å². The number of nitrogen functional groups attached to an aromatic ring is 1. The van der Waals surface area contributed by atoms with Gasteiger partial charge in [-0.15, -0.1) is 0 Å². The molecule has 4 heteroatoms. The molecule has 4 nitrogen and oxygen atoms in total. The van der Waals surface area contributed by atoms with Crippen LogP contribution >= 0.6 is 0 Å². The zero-order chi connectivity index (χ0) is 13.9. The number of non-ortho nitro benzene ring substituents is 1. The first-order valence-electron chi connectivity index (χ1n) is 6.37. The van der Waals surface area contributed by atoms with Gasteiger partial charge in [0.1, 0.15) is 0 Å². The van der Waals surface area contributed by atoms with Crippen molar-refractivity contribution in [3.63, 3.8) is 0 Å². The van der Waals surface area contributed by atoms with Crippen molar-refractivity contribution in [3.8, 4) is 0 Å². The van der Waals surface area contributed by atoms with Gasteiger partial charge in [-0.2, -0.15) is 0 Å². The van der Waals surface area contributed by atoms with E-state index in [-0.39, 0.29) is 10.6 Å². The predicted octanol–water partition coefficient (Wildman–Crippen LogP) is 3.57. The summed E-state index contributed by atoms with van der Waals surface area (Å²) in [5, 5.41) is 11.0. The van der Waals surface area contributed by atoms with Gasteiger partial charge in [0.15, 0.2) is 0 Å². The highest BCUT2D eigenvalue weighted by Crippen LogP contribution is 2.28. The van der Waals surface area contributed by atoms with Crippen LogP contribution in [-0.2, 0) is 12.8 Å². The summed E-state index contributed by atoms with van der Waals surface area (Å²) in [7, 11) is 0. The van der Waals surface area contributed by atoms with E-state index in [4.69, 9.17) is 5.73 Å². The van der Waals surface area contributed by atoms with Gasteiger partial charge >= 0.3 is 0 Å². The molecule has 0 spiro atoms. The normalized spacial score (nSPS) is 11.2. The van der Waals surface area contributed by atoms with E-state index in [2.05, 4.69) is 27.7 Å². The van der Waals surface area contributed by atoms with E-state index in [1.807, 2.05) is 0 Å². The largest absolute Gasteiger partial charge is 0.398 e. The van der Waals surface area contributed by atoms with Crippen LogP contribution < -0.4 is 5.73 Å². The fraction of sp³-hybridized carbons (Fsp3) is 0.571. The Morgan fingerprint density at radius 1 is 1.11 bits per heavy atom. The smallest absolute Gasteiger partial charge is 0.270 e. The standard InChI is InChI=1S/C14H22N2O2/c1-9(2)5-11-7-13(16(17)18)8-12(14(11)15)6-10(3)4/h7-10H,5-6,15H2,1-4H3. The average molecular weight is 250 g/mol. The topological polar surface area (TPSA) is 69.2 Å². The first kappa shape index (κ1) is 14.5. The third-order valence-corrected chi connectivity index (χ3v) is 2.80. The Bertz CT molecular complexity index is 408. The molecule has 1 rings (SSSR count). The molecule has 0 fully saturated rings. The summed E-state index contributed by atoms with van der Waals surface area (Å²) >= 11 is 0. The van der Waals surface area contributed by atoms with Gasteiger partial charge in [-0.05, 0) is 35.8 Å². The van der Waals surface area contributed by atoms with E-state index in [1.165, 1.54) is 0 Å². The van der Waals surface area contributed by atoms with Crippen LogP contribution in [0.2, 0.25) is 0 Å². The lowest BCUT2D eigenvalue weighted by molar-refractivity contribution is -0.385. The van der Waals surface area contributed by atoms with E-state index in [1.54, 1.807) is 12.1 Å². The number of nitro benzene ring substituents is 1. The molecular weight excluding hydrogens is 228 g/mol. The van der Waals surface area contributed by atoms with E-state index in [0.717, 1.165) is 29.7 Å². The summed E-state index contributed by atoms with van der Waals surface area (Å²) in [6.45, 7) is 8.33. The monoisotopic (exact) mass is 250 g/mol. The van der Waals surface area contributed by atoms with Crippen LogP contribution in [0.3, 0.4) is 0 Å². The molecule has 100 valence electrons.